The number of nitrogens with one attached hydrogen (secondary N) is 1. The third kappa shape index (κ3) is 4.32. The number of pyridine rings is 1. The van der Waals surface area contributed by atoms with E-state index in [4.69, 9.17) is 4.74 Å². The van der Waals surface area contributed by atoms with E-state index in [9.17, 15) is 14.0 Å². The van der Waals surface area contributed by atoms with Crippen LogP contribution in [0.3, 0.4) is 0 Å². The molecule has 3 aromatic rings. The van der Waals surface area contributed by atoms with Crippen LogP contribution in [0.1, 0.15) is 78.9 Å². The molecular formula is C28H31FN6O3S. The Labute approximate surface area is 230 Å². The molecule has 204 valence electrons. The summed E-state index contributed by atoms with van der Waals surface area (Å²) >= 11 is 1.45. The van der Waals surface area contributed by atoms with Crippen LogP contribution in [0.15, 0.2) is 24.5 Å². The zero-order valence-electron chi connectivity index (χ0n) is 22.7. The van der Waals surface area contributed by atoms with Crippen molar-refractivity contribution in [3.05, 3.63) is 51.9 Å². The van der Waals surface area contributed by atoms with Gasteiger partial charge in [0.2, 0.25) is 5.95 Å². The first-order valence-electron chi connectivity index (χ1n) is 13.2. The molecule has 0 aromatic carbocycles. The van der Waals surface area contributed by atoms with Crippen molar-refractivity contribution in [1.82, 2.24) is 24.8 Å². The number of halogens is 1. The van der Waals surface area contributed by atoms with E-state index in [2.05, 4.69) is 20.3 Å². The fraction of sp³-hybridized carbons (Fsp3) is 0.464. The van der Waals surface area contributed by atoms with E-state index in [1.165, 1.54) is 11.3 Å². The second-order valence-electron chi connectivity index (χ2n) is 11.5. The molecule has 1 aliphatic carbocycles. The molecule has 3 aliphatic rings. The van der Waals surface area contributed by atoms with Crippen molar-refractivity contribution in [2.75, 3.05) is 18.9 Å². The molecule has 39 heavy (non-hydrogen) atoms. The second-order valence-corrected chi connectivity index (χ2v) is 12.5. The van der Waals surface area contributed by atoms with Gasteiger partial charge in [-0.05, 0) is 70.6 Å². The number of hydrogen-bond acceptors (Lipinski definition) is 8. The number of carbonyl (C=O) groups is 2. The molecule has 1 spiro atoms. The third-order valence-corrected chi connectivity index (χ3v) is 9.20. The topological polar surface area (TPSA) is 101 Å². The van der Waals surface area contributed by atoms with Crippen molar-refractivity contribution in [2.45, 2.75) is 70.6 Å². The minimum absolute atomic E-state index is 0.00732. The average Bonchev–Trinajstić information content (AvgIpc) is 3.32. The molecule has 1 unspecified atom stereocenters. The van der Waals surface area contributed by atoms with Crippen LogP contribution in [0, 0.1) is 12.7 Å². The molecule has 0 bridgehead atoms. The van der Waals surface area contributed by atoms with Gasteiger partial charge in [-0.1, -0.05) is 6.07 Å². The van der Waals surface area contributed by atoms with Crippen LogP contribution in [-0.4, -0.2) is 55.9 Å². The Balaban J connectivity index is 1.22. The van der Waals surface area contributed by atoms with Crippen LogP contribution in [0.4, 0.5) is 21.0 Å². The number of ether oxygens (including phenoxy) is 1. The molecule has 2 amide bonds. The van der Waals surface area contributed by atoms with Gasteiger partial charge in [0.25, 0.3) is 5.91 Å². The van der Waals surface area contributed by atoms with E-state index in [-0.39, 0.29) is 35.2 Å². The summed E-state index contributed by atoms with van der Waals surface area (Å²) in [6.45, 7) is 8.07. The number of nitrogens with zero attached hydrogens (tertiary/aromatic N) is 5. The Morgan fingerprint density at radius 2 is 2.00 bits per heavy atom. The van der Waals surface area contributed by atoms with E-state index < -0.39 is 11.4 Å². The predicted octanol–water partition coefficient (Wildman–Crippen LogP) is 5.94. The Morgan fingerprint density at radius 3 is 2.67 bits per heavy atom. The molecule has 1 saturated heterocycles. The summed E-state index contributed by atoms with van der Waals surface area (Å²) in [6, 6.07) is 3.61. The second kappa shape index (κ2) is 8.97. The van der Waals surface area contributed by atoms with Gasteiger partial charge in [0.05, 0.1) is 28.2 Å². The molecule has 6 rings (SSSR count). The molecule has 2 fully saturated rings. The van der Waals surface area contributed by atoms with Gasteiger partial charge in [-0.3, -0.25) is 4.79 Å². The Hall–Kier alpha value is -3.60. The molecule has 1 saturated carbocycles. The highest BCUT2D eigenvalue weighted by atomic mass is 32.1. The van der Waals surface area contributed by atoms with Crippen molar-refractivity contribution < 1.29 is 18.7 Å². The predicted molar refractivity (Wildman–Crippen MR) is 145 cm³/mol. The van der Waals surface area contributed by atoms with Gasteiger partial charge in [-0.2, -0.15) is 0 Å². The number of amides is 2. The first-order chi connectivity index (χ1) is 18.5. The first-order valence-corrected chi connectivity index (χ1v) is 14.0. The maximum absolute atomic E-state index is 15.0. The number of hydrogen-bond donors (Lipinski definition) is 1. The summed E-state index contributed by atoms with van der Waals surface area (Å²) in [4.78, 5) is 43.9. The van der Waals surface area contributed by atoms with Crippen LogP contribution < -0.4 is 5.32 Å². The van der Waals surface area contributed by atoms with Crippen molar-refractivity contribution in [2.24, 2.45) is 0 Å². The molecule has 1 atom stereocenters. The summed E-state index contributed by atoms with van der Waals surface area (Å²) in [5.41, 5.74) is 1.74. The maximum Gasteiger partial charge on any atom is 0.410 e. The molecule has 3 aromatic heterocycles. The lowest BCUT2D eigenvalue weighted by molar-refractivity contribution is 0.0224. The zero-order valence-corrected chi connectivity index (χ0v) is 23.5. The van der Waals surface area contributed by atoms with Crippen LogP contribution in [0.5, 0.6) is 0 Å². The van der Waals surface area contributed by atoms with E-state index in [1.807, 2.05) is 45.7 Å². The van der Waals surface area contributed by atoms with E-state index in [0.29, 0.717) is 22.8 Å². The molecular weight excluding hydrogens is 519 g/mol. The highest BCUT2D eigenvalue weighted by Crippen LogP contribution is 2.60. The summed E-state index contributed by atoms with van der Waals surface area (Å²) < 4.78 is 20.5. The largest absolute Gasteiger partial charge is 0.444 e. The SMILES string of the molecule is Cc1c(-c2nc(Nc3ccc(C4CCCN4C(=O)OC(C)(C)C)cn3)ncc2F)sc2c1C(=O)N(C)C21CC1. The molecule has 9 nitrogen and oxygen atoms in total. The normalized spacial score (nSPS) is 19.5. The van der Waals surface area contributed by atoms with E-state index in [1.54, 1.807) is 17.2 Å². The number of fused-ring (bicyclic) bond motifs is 2. The van der Waals surface area contributed by atoms with Crippen LogP contribution >= 0.6 is 11.3 Å². The van der Waals surface area contributed by atoms with E-state index in [0.717, 1.165) is 47.9 Å². The van der Waals surface area contributed by atoms with Crippen molar-refractivity contribution in [3.63, 3.8) is 0 Å². The van der Waals surface area contributed by atoms with Gasteiger partial charge in [0.15, 0.2) is 5.82 Å². The quantitative estimate of drug-likeness (QED) is 0.429. The lowest BCUT2D eigenvalue weighted by Gasteiger charge is -2.28. The van der Waals surface area contributed by atoms with Crippen LogP contribution in [0.2, 0.25) is 0 Å². The first kappa shape index (κ1) is 25.7. The number of aromatic nitrogens is 3. The van der Waals surface area contributed by atoms with Gasteiger partial charge in [0, 0.05) is 24.7 Å². The monoisotopic (exact) mass is 550 g/mol. The van der Waals surface area contributed by atoms with Gasteiger partial charge in [-0.15, -0.1) is 11.3 Å². The van der Waals surface area contributed by atoms with Gasteiger partial charge >= 0.3 is 6.09 Å². The zero-order chi connectivity index (χ0) is 27.7. The maximum atomic E-state index is 15.0. The van der Waals surface area contributed by atoms with E-state index >= 15 is 0 Å². The average molecular weight is 551 g/mol. The van der Waals surface area contributed by atoms with Gasteiger partial charge in [0.1, 0.15) is 17.1 Å². The number of anilines is 2. The highest BCUT2D eigenvalue weighted by Gasteiger charge is 2.58. The van der Waals surface area contributed by atoms with Gasteiger partial charge in [-0.25, -0.2) is 24.1 Å². The van der Waals surface area contributed by atoms with Crippen LogP contribution in [0.25, 0.3) is 10.6 Å². The van der Waals surface area contributed by atoms with Gasteiger partial charge < -0.3 is 19.9 Å². The van der Waals surface area contributed by atoms with Crippen molar-refractivity contribution >= 4 is 35.1 Å². The molecule has 1 N–H and O–H groups in total. The number of likely N-dealkylation sites (tertiary alicyclic amines) is 1. The Kier molecular flexibility index (Phi) is 5.90. The molecule has 5 heterocycles. The highest BCUT2D eigenvalue weighted by molar-refractivity contribution is 7.16. The van der Waals surface area contributed by atoms with Crippen molar-refractivity contribution in [3.8, 4) is 10.6 Å². The smallest absolute Gasteiger partial charge is 0.410 e. The third-order valence-electron chi connectivity index (χ3n) is 7.70. The summed E-state index contributed by atoms with van der Waals surface area (Å²) in [7, 11) is 1.84. The minimum atomic E-state index is -0.558. The standard InChI is InChI=1S/C28H31FN6O3S/c1-15-20-23(28(10-11-28)34(5)24(20)36)39-22(15)21-17(29)14-31-25(33-21)32-19-9-8-16(13-30-19)18-7-6-12-35(18)26(37)38-27(2,3)4/h8-9,13-14,18H,6-7,10-12H2,1-5H3,(H,30,31,32,33). The summed E-state index contributed by atoms with van der Waals surface area (Å²) in [5.74, 6) is 0.158. The van der Waals surface area contributed by atoms with Crippen molar-refractivity contribution in [1.29, 1.82) is 0 Å². The number of rotatable bonds is 4. The lowest BCUT2D eigenvalue weighted by Crippen LogP contribution is -2.36. The number of carbonyl (C=O) groups excluding carboxylic acids is 2. The summed E-state index contributed by atoms with van der Waals surface area (Å²) in [6.07, 6.45) is 6.13. The fourth-order valence-electron chi connectivity index (χ4n) is 5.55. The molecule has 0 radical (unpaired) electrons. The van der Waals surface area contributed by atoms with Crippen LogP contribution in [-0.2, 0) is 10.3 Å². The minimum Gasteiger partial charge on any atom is -0.444 e. The Bertz CT molecular complexity index is 1480. The molecule has 11 heteroatoms. The fourth-order valence-corrected chi connectivity index (χ4v) is 7.12. The molecule has 2 aliphatic heterocycles. The summed E-state index contributed by atoms with van der Waals surface area (Å²) in [5, 5.41) is 3.06. The Morgan fingerprint density at radius 1 is 1.23 bits per heavy atom. The number of thiophene rings is 1. The lowest BCUT2D eigenvalue weighted by atomic mass is 10.1.